The maximum Gasteiger partial charge on any atom is 0.150 e. The first-order chi connectivity index (χ1) is 23.9. The Kier molecular flexibility index (Phi) is 34.9. The summed E-state index contributed by atoms with van der Waals surface area (Å²) in [4.78, 5) is 10.6. The van der Waals surface area contributed by atoms with E-state index in [1.165, 1.54) is 0 Å². The van der Waals surface area contributed by atoms with Gasteiger partial charge in [-0.3, -0.25) is 4.79 Å². The van der Waals surface area contributed by atoms with Crippen molar-refractivity contribution < 1.29 is 70.8 Å². The second-order valence-electron chi connectivity index (χ2n) is 9.57. The lowest BCUT2D eigenvalue weighted by atomic mass is 10.2. The van der Waals surface area contributed by atoms with Crippen molar-refractivity contribution in [2.75, 3.05) is 172 Å². The molecule has 0 spiro atoms. The first kappa shape index (κ1) is 44.2. The number of halogens is 1. The summed E-state index contributed by atoms with van der Waals surface area (Å²) in [5.41, 5.74) is 0.615. The highest BCUT2D eigenvalue weighted by atomic mass is 19.1. The highest BCUT2D eigenvalue weighted by Crippen LogP contribution is 2.10. The molecule has 0 aliphatic heterocycles. The van der Waals surface area contributed by atoms with Gasteiger partial charge in [0.25, 0.3) is 0 Å². The molecular weight excluding hydrogens is 639 g/mol. The molecule has 0 radical (unpaired) electrons. The van der Waals surface area contributed by atoms with Crippen LogP contribution in [0.25, 0.3) is 0 Å². The van der Waals surface area contributed by atoms with Crippen LogP contribution in [0.3, 0.4) is 0 Å². The van der Waals surface area contributed by atoms with E-state index in [1.807, 2.05) is 0 Å². The average molecular weight is 697 g/mol. The first-order valence-corrected chi connectivity index (χ1v) is 16.5. The minimum atomic E-state index is -0.478. The number of benzene rings is 1. The van der Waals surface area contributed by atoms with Crippen LogP contribution in [0.2, 0.25) is 0 Å². The Labute approximate surface area is 284 Å². The number of hydrogen-bond acceptors (Lipinski definition) is 14. The molecule has 1 aromatic carbocycles. The highest BCUT2D eigenvalue weighted by molar-refractivity contribution is 5.74. The molecule has 0 N–H and O–H groups in total. The van der Waals surface area contributed by atoms with Gasteiger partial charge in [-0.25, -0.2) is 4.39 Å². The second-order valence-corrected chi connectivity index (χ2v) is 9.57. The van der Waals surface area contributed by atoms with Gasteiger partial charge in [0.05, 0.1) is 159 Å². The molecule has 0 bridgehead atoms. The fraction of sp³-hybridized carbons (Fsp3) is 0.788. The molecule has 0 aliphatic carbocycles. The van der Waals surface area contributed by atoms with Crippen LogP contribution in [0, 0.1) is 0 Å². The molecular formula is C33H57FO14. The van der Waals surface area contributed by atoms with Gasteiger partial charge in [-0.2, -0.15) is 0 Å². The lowest BCUT2D eigenvalue weighted by Gasteiger charge is -2.09. The molecule has 1 rings (SSSR count). The maximum absolute atomic E-state index is 11.8. The quantitative estimate of drug-likeness (QED) is 0.0731. The van der Waals surface area contributed by atoms with Crippen molar-refractivity contribution in [2.24, 2.45) is 0 Å². The molecule has 0 atom stereocenters. The number of hydrogen-bond donors (Lipinski definition) is 0. The highest BCUT2D eigenvalue weighted by Gasteiger charge is 1.98. The molecule has 1 aromatic rings. The zero-order valence-corrected chi connectivity index (χ0v) is 28.4. The van der Waals surface area contributed by atoms with Gasteiger partial charge in [0, 0.05) is 5.56 Å². The van der Waals surface area contributed by atoms with Crippen LogP contribution >= 0.6 is 0 Å². The maximum atomic E-state index is 11.8. The number of ether oxygens (including phenoxy) is 13. The number of aldehydes is 1. The Morgan fingerprint density at radius 1 is 0.354 bits per heavy atom. The fourth-order valence-electron chi connectivity index (χ4n) is 3.44. The molecule has 0 heterocycles. The normalized spacial score (nSPS) is 11.4. The SMILES string of the molecule is O=Cc1ccc(OCCOCCOCCOCCOCCOCCOCCOCCOCCOCCOCCOCCOCCF)cc1. The van der Waals surface area contributed by atoms with Crippen molar-refractivity contribution in [1.29, 1.82) is 0 Å². The zero-order valence-electron chi connectivity index (χ0n) is 28.4. The molecule has 0 amide bonds. The van der Waals surface area contributed by atoms with Crippen LogP contribution in [0.4, 0.5) is 4.39 Å². The van der Waals surface area contributed by atoms with Crippen LogP contribution < -0.4 is 4.74 Å². The minimum Gasteiger partial charge on any atom is -0.491 e. The van der Waals surface area contributed by atoms with E-state index in [4.69, 9.17) is 61.6 Å². The summed E-state index contributed by atoms with van der Waals surface area (Å²) < 4.78 is 82.1. The summed E-state index contributed by atoms with van der Waals surface area (Å²) in [7, 11) is 0. The Bertz CT molecular complexity index is 777. The fourth-order valence-corrected chi connectivity index (χ4v) is 3.44. The third kappa shape index (κ3) is 32.7. The van der Waals surface area contributed by atoms with Crippen LogP contribution in [-0.4, -0.2) is 178 Å². The molecule has 14 nitrogen and oxygen atoms in total. The van der Waals surface area contributed by atoms with Crippen LogP contribution in [-0.2, 0) is 56.8 Å². The Morgan fingerprint density at radius 3 is 0.812 bits per heavy atom. The molecule has 0 unspecified atom stereocenters. The van der Waals surface area contributed by atoms with Crippen molar-refractivity contribution in [3.05, 3.63) is 29.8 Å². The van der Waals surface area contributed by atoms with Gasteiger partial charge in [0.15, 0.2) is 0 Å². The molecule has 15 heteroatoms. The summed E-state index contributed by atoms with van der Waals surface area (Å²) >= 11 is 0. The third-order valence-electron chi connectivity index (χ3n) is 5.83. The van der Waals surface area contributed by atoms with E-state index < -0.39 is 6.67 Å². The van der Waals surface area contributed by atoms with E-state index in [9.17, 15) is 9.18 Å². The number of carbonyl (C=O) groups excluding carboxylic acids is 1. The van der Waals surface area contributed by atoms with Crippen LogP contribution in [0.5, 0.6) is 5.75 Å². The summed E-state index contributed by atoms with van der Waals surface area (Å²) in [5.74, 6) is 0.700. The minimum absolute atomic E-state index is 0.109. The number of rotatable bonds is 40. The summed E-state index contributed by atoms with van der Waals surface area (Å²) in [6.45, 7) is 11.0. The van der Waals surface area contributed by atoms with E-state index in [0.717, 1.165) is 6.29 Å². The van der Waals surface area contributed by atoms with E-state index >= 15 is 0 Å². The predicted molar refractivity (Wildman–Crippen MR) is 173 cm³/mol. The third-order valence-corrected chi connectivity index (χ3v) is 5.83. The summed E-state index contributed by atoms with van der Waals surface area (Å²) in [6, 6.07) is 6.92. The lowest BCUT2D eigenvalue weighted by Crippen LogP contribution is -2.15. The lowest BCUT2D eigenvalue weighted by molar-refractivity contribution is -0.0286. The van der Waals surface area contributed by atoms with Gasteiger partial charge in [-0.1, -0.05) is 0 Å². The van der Waals surface area contributed by atoms with Crippen molar-refractivity contribution >= 4 is 6.29 Å². The summed E-state index contributed by atoms with van der Waals surface area (Å²) in [5, 5.41) is 0. The first-order valence-electron chi connectivity index (χ1n) is 16.5. The molecule has 280 valence electrons. The van der Waals surface area contributed by atoms with Gasteiger partial charge in [0.1, 0.15) is 25.3 Å². The molecule has 0 aromatic heterocycles. The van der Waals surface area contributed by atoms with Crippen molar-refractivity contribution in [2.45, 2.75) is 0 Å². The second kappa shape index (κ2) is 38.0. The van der Waals surface area contributed by atoms with E-state index in [1.54, 1.807) is 24.3 Å². The Balaban J connectivity index is 1.63. The smallest absolute Gasteiger partial charge is 0.150 e. The van der Waals surface area contributed by atoms with Crippen LogP contribution in [0.1, 0.15) is 10.4 Å². The standard InChI is InChI=1S/C33H57FO14/c34-5-6-36-7-8-37-9-10-38-11-12-39-13-14-40-15-16-41-17-18-42-19-20-43-21-22-44-23-24-45-25-26-46-27-28-47-29-30-48-33-3-1-32(31-35)2-4-33/h1-4,31H,5-30H2. The van der Waals surface area contributed by atoms with Crippen molar-refractivity contribution in [1.82, 2.24) is 0 Å². The van der Waals surface area contributed by atoms with Crippen LogP contribution in [0.15, 0.2) is 24.3 Å². The van der Waals surface area contributed by atoms with Gasteiger partial charge in [-0.15, -0.1) is 0 Å². The van der Waals surface area contributed by atoms with Gasteiger partial charge >= 0.3 is 0 Å². The number of carbonyl (C=O) groups is 1. The predicted octanol–water partition coefficient (Wildman–Crippen LogP) is 2.05. The molecule has 0 saturated carbocycles. The zero-order chi connectivity index (χ0) is 34.3. The van der Waals surface area contributed by atoms with Gasteiger partial charge in [-0.05, 0) is 24.3 Å². The van der Waals surface area contributed by atoms with E-state index in [2.05, 4.69) is 0 Å². The van der Waals surface area contributed by atoms with Crippen molar-refractivity contribution in [3.8, 4) is 5.75 Å². The van der Waals surface area contributed by atoms with E-state index in [-0.39, 0.29) is 6.61 Å². The van der Waals surface area contributed by atoms with E-state index in [0.29, 0.717) is 170 Å². The molecule has 0 aliphatic rings. The molecule has 48 heavy (non-hydrogen) atoms. The molecule has 0 saturated heterocycles. The van der Waals surface area contributed by atoms with Gasteiger partial charge in [0.2, 0.25) is 0 Å². The van der Waals surface area contributed by atoms with Gasteiger partial charge < -0.3 is 61.6 Å². The summed E-state index contributed by atoms with van der Waals surface area (Å²) in [6.07, 6.45) is 0.795. The topological polar surface area (TPSA) is 137 Å². The molecule has 0 fully saturated rings. The Morgan fingerprint density at radius 2 is 0.583 bits per heavy atom. The van der Waals surface area contributed by atoms with Crippen molar-refractivity contribution in [3.63, 3.8) is 0 Å². The average Bonchev–Trinajstić information content (AvgIpc) is 3.11. The number of alkyl halides is 1. The monoisotopic (exact) mass is 696 g/mol. The largest absolute Gasteiger partial charge is 0.491 e. The Hall–Kier alpha value is -1.86.